The van der Waals surface area contributed by atoms with Gasteiger partial charge in [-0.3, -0.25) is 0 Å². The first kappa shape index (κ1) is 18.7. The molecular weight excluding hydrogens is 362 g/mol. The Hall–Kier alpha value is -3.32. The molecule has 1 aliphatic carbocycles. The summed E-state index contributed by atoms with van der Waals surface area (Å²) in [4.78, 5) is 0. The Bertz CT molecular complexity index is 1300. The summed E-state index contributed by atoms with van der Waals surface area (Å²) in [6.45, 7) is 11.1. The Kier molecular flexibility index (Phi) is 4.29. The molecule has 1 aliphatic rings. The van der Waals surface area contributed by atoms with Crippen LogP contribution >= 0.6 is 0 Å². The molecule has 5 rings (SSSR count). The zero-order valence-electron chi connectivity index (χ0n) is 17.9. The van der Waals surface area contributed by atoms with Crippen LogP contribution in [0, 0.1) is 6.92 Å². The van der Waals surface area contributed by atoms with Gasteiger partial charge in [-0.2, -0.15) is 0 Å². The highest BCUT2D eigenvalue weighted by Crippen LogP contribution is 2.46. The molecule has 0 saturated carbocycles. The molecule has 0 amide bonds. The lowest BCUT2D eigenvalue weighted by Gasteiger charge is -2.32. The van der Waals surface area contributed by atoms with E-state index < -0.39 is 0 Å². The molecule has 0 aliphatic heterocycles. The molecule has 0 bridgehead atoms. The van der Waals surface area contributed by atoms with Crippen LogP contribution in [0.2, 0.25) is 0 Å². The van der Waals surface area contributed by atoms with Gasteiger partial charge in [0.25, 0.3) is 0 Å². The van der Waals surface area contributed by atoms with E-state index >= 15 is 0 Å². The van der Waals surface area contributed by atoms with Crippen molar-refractivity contribution in [1.82, 2.24) is 4.57 Å². The molecule has 0 spiro atoms. The lowest BCUT2D eigenvalue weighted by atomic mass is 9.71. The van der Waals surface area contributed by atoms with Crippen molar-refractivity contribution >= 4 is 22.0 Å². The fourth-order valence-corrected chi connectivity index (χ4v) is 4.81. The SMILES string of the molecule is C=C1CC=C(C(C)(C)c2cn(-c3ccc(C)cc3)c3ccccc23)c2ccccc21. The van der Waals surface area contributed by atoms with Gasteiger partial charge in [-0.25, -0.2) is 0 Å². The molecule has 0 radical (unpaired) electrons. The number of nitrogens with zero attached hydrogens (tertiary/aromatic N) is 1. The van der Waals surface area contributed by atoms with Crippen LogP contribution in [0.15, 0.2) is 91.6 Å². The van der Waals surface area contributed by atoms with Crippen LogP contribution < -0.4 is 0 Å². The van der Waals surface area contributed by atoms with E-state index in [1.54, 1.807) is 0 Å². The summed E-state index contributed by atoms with van der Waals surface area (Å²) in [5.41, 5.74) is 10.1. The molecule has 0 atom stereocenters. The summed E-state index contributed by atoms with van der Waals surface area (Å²) in [6, 6.07) is 26.2. The topological polar surface area (TPSA) is 4.93 Å². The highest BCUT2D eigenvalue weighted by molar-refractivity contribution is 5.93. The second-order valence-electron chi connectivity index (χ2n) is 8.86. The quantitative estimate of drug-likeness (QED) is 0.338. The van der Waals surface area contributed by atoms with Crippen LogP contribution in [0.5, 0.6) is 0 Å². The number of aromatic nitrogens is 1. The summed E-state index contributed by atoms with van der Waals surface area (Å²) in [6.07, 6.45) is 5.62. The normalized spacial score (nSPS) is 14.0. The zero-order valence-corrected chi connectivity index (χ0v) is 17.9. The van der Waals surface area contributed by atoms with Crippen molar-refractivity contribution in [3.8, 4) is 5.69 Å². The van der Waals surface area contributed by atoms with Crippen molar-refractivity contribution in [2.75, 3.05) is 0 Å². The first-order valence-electron chi connectivity index (χ1n) is 10.6. The van der Waals surface area contributed by atoms with Crippen molar-refractivity contribution in [2.24, 2.45) is 0 Å². The average molecular weight is 390 g/mol. The van der Waals surface area contributed by atoms with Gasteiger partial charge in [0.2, 0.25) is 0 Å². The number of allylic oxidation sites excluding steroid dienone is 3. The lowest BCUT2D eigenvalue weighted by molar-refractivity contribution is 0.694. The predicted octanol–water partition coefficient (Wildman–Crippen LogP) is 7.72. The summed E-state index contributed by atoms with van der Waals surface area (Å²) in [7, 11) is 0. The third kappa shape index (κ3) is 2.85. The smallest absolute Gasteiger partial charge is 0.0531 e. The Morgan fingerprint density at radius 1 is 0.833 bits per heavy atom. The van der Waals surface area contributed by atoms with Gasteiger partial charge in [0, 0.05) is 22.7 Å². The molecule has 1 aromatic heterocycles. The monoisotopic (exact) mass is 389 g/mol. The first-order valence-corrected chi connectivity index (χ1v) is 10.6. The molecule has 1 nitrogen and oxygen atoms in total. The molecule has 1 heterocycles. The number of benzene rings is 3. The zero-order chi connectivity index (χ0) is 20.9. The molecule has 30 heavy (non-hydrogen) atoms. The molecular formula is C29H27N. The second kappa shape index (κ2) is 6.88. The maximum Gasteiger partial charge on any atom is 0.0531 e. The lowest BCUT2D eigenvalue weighted by Crippen LogP contribution is -2.21. The minimum absolute atomic E-state index is 0.133. The molecule has 0 unspecified atom stereocenters. The maximum atomic E-state index is 4.30. The van der Waals surface area contributed by atoms with Crippen LogP contribution in [-0.2, 0) is 5.41 Å². The van der Waals surface area contributed by atoms with Gasteiger partial charge < -0.3 is 4.57 Å². The molecule has 4 aromatic rings. The number of fused-ring (bicyclic) bond motifs is 2. The summed E-state index contributed by atoms with van der Waals surface area (Å²) >= 11 is 0. The number of rotatable bonds is 3. The van der Waals surface area contributed by atoms with Crippen molar-refractivity contribution in [3.05, 3.63) is 114 Å². The van der Waals surface area contributed by atoms with E-state index in [1.807, 2.05) is 0 Å². The van der Waals surface area contributed by atoms with E-state index in [-0.39, 0.29) is 5.41 Å². The summed E-state index contributed by atoms with van der Waals surface area (Å²) < 4.78 is 2.33. The van der Waals surface area contributed by atoms with Gasteiger partial charge in [0.05, 0.1) is 5.52 Å². The average Bonchev–Trinajstić information content (AvgIpc) is 3.15. The van der Waals surface area contributed by atoms with Crippen molar-refractivity contribution < 1.29 is 0 Å². The summed E-state index contributed by atoms with van der Waals surface area (Å²) in [5, 5.41) is 1.31. The van der Waals surface area contributed by atoms with Crippen LogP contribution in [0.25, 0.3) is 27.7 Å². The largest absolute Gasteiger partial charge is 0.316 e. The van der Waals surface area contributed by atoms with E-state index in [1.165, 1.54) is 50.0 Å². The van der Waals surface area contributed by atoms with E-state index in [4.69, 9.17) is 0 Å². The van der Waals surface area contributed by atoms with Gasteiger partial charge in [0.1, 0.15) is 0 Å². The standard InChI is InChI=1S/C29H27N/c1-20-13-16-22(17-14-20)30-19-27(25-11-7-8-12-28(25)30)29(3,4)26-18-15-21(2)23-9-5-6-10-24(23)26/h5-14,16-19H,2,15H2,1,3-4H3. The minimum Gasteiger partial charge on any atom is -0.316 e. The van der Waals surface area contributed by atoms with E-state index in [0.29, 0.717) is 0 Å². The Labute approximate surface area is 179 Å². The fraction of sp³-hybridized carbons (Fsp3) is 0.172. The molecule has 3 aromatic carbocycles. The molecule has 0 fully saturated rings. The minimum atomic E-state index is -0.133. The van der Waals surface area contributed by atoms with Gasteiger partial charge in [-0.05, 0) is 59.4 Å². The van der Waals surface area contributed by atoms with Gasteiger partial charge in [0.15, 0.2) is 0 Å². The third-order valence-electron chi connectivity index (χ3n) is 6.52. The molecule has 1 heteroatoms. The van der Waals surface area contributed by atoms with Gasteiger partial charge in [-0.15, -0.1) is 0 Å². The van der Waals surface area contributed by atoms with Gasteiger partial charge >= 0.3 is 0 Å². The number of hydrogen-bond acceptors (Lipinski definition) is 0. The molecule has 0 N–H and O–H groups in total. The third-order valence-corrected chi connectivity index (χ3v) is 6.52. The predicted molar refractivity (Wildman–Crippen MR) is 129 cm³/mol. The molecule has 0 saturated heterocycles. The van der Waals surface area contributed by atoms with Crippen molar-refractivity contribution in [1.29, 1.82) is 0 Å². The van der Waals surface area contributed by atoms with E-state index in [0.717, 1.165) is 6.42 Å². The van der Waals surface area contributed by atoms with Crippen LogP contribution in [0.3, 0.4) is 0 Å². The highest BCUT2D eigenvalue weighted by atomic mass is 15.0. The van der Waals surface area contributed by atoms with Crippen LogP contribution in [0.4, 0.5) is 0 Å². The van der Waals surface area contributed by atoms with E-state index in [9.17, 15) is 0 Å². The summed E-state index contributed by atoms with van der Waals surface area (Å²) in [5.74, 6) is 0. The first-order chi connectivity index (χ1) is 14.5. The van der Waals surface area contributed by atoms with Crippen molar-refractivity contribution in [2.45, 2.75) is 32.6 Å². The maximum absolute atomic E-state index is 4.30. The highest BCUT2D eigenvalue weighted by Gasteiger charge is 2.32. The van der Waals surface area contributed by atoms with E-state index in [2.05, 4.69) is 117 Å². The number of hydrogen-bond donors (Lipinski definition) is 0. The number of para-hydroxylation sites is 1. The Balaban J connectivity index is 1.72. The van der Waals surface area contributed by atoms with Crippen molar-refractivity contribution in [3.63, 3.8) is 0 Å². The van der Waals surface area contributed by atoms with Gasteiger partial charge in [-0.1, -0.05) is 86.7 Å². The molecule has 148 valence electrons. The fourth-order valence-electron chi connectivity index (χ4n) is 4.81. The second-order valence-corrected chi connectivity index (χ2v) is 8.86. The Morgan fingerprint density at radius 3 is 2.27 bits per heavy atom. The Morgan fingerprint density at radius 2 is 1.50 bits per heavy atom. The van der Waals surface area contributed by atoms with Crippen LogP contribution in [-0.4, -0.2) is 4.57 Å². The number of aryl methyl sites for hydroxylation is 1. The van der Waals surface area contributed by atoms with Crippen LogP contribution in [0.1, 0.15) is 42.5 Å².